The van der Waals surface area contributed by atoms with E-state index in [1.807, 2.05) is 0 Å². The molecular formula is C38H69O8P. The van der Waals surface area contributed by atoms with Crippen LogP contribution >= 0.6 is 7.82 Å². The van der Waals surface area contributed by atoms with Crippen LogP contribution in [-0.2, 0) is 28.2 Å². The van der Waals surface area contributed by atoms with Gasteiger partial charge in [-0.2, -0.15) is 0 Å². The lowest BCUT2D eigenvalue weighted by molar-refractivity contribution is -0.161. The van der Waals surface area contributed by atoms with Crippen molar-refractivity contribution < 1.29 is 37.9 Å². The molecule has 0 rings (SSSR count). The minimum atomic E-state index is -4.75. The van der Waals surface area contributed by atoms with Gasteiger partial charge in [-0.05, 0) is 44.9 Å². The smallest absolute Gasteiger partial charge is 0.462 e. The van der Waals surface area contributed by atoms with E-state index in [1.165, 1.54) is 70.6 Å². The molecule has 47 heavy (non-hydrogen) atoms. The number of phosphoric acid groups is 1. The number of unbranched alkanes of at least 4 members (excludes halogenated alkanes) is 18. The Kier molecular flexibility index (Phi) is 32.9. The molecule has 0 aromatic rings. The summed E-state index contributed by atoms with van der Waals surface area (Å²) >= 11 is 0. The molecule has 0 aromatic carbocycles. The van der Waals surface area contributed by atoms with E-state index < -0.39 is 32.5 Å². The van der Waals surface area contributed by atoms with Crippen molar-refractivity contribution in [3.8, 4) is 0 Å². The Morgan fingerprint density at radius 2 is 1.02 bits per heavy atom. The van der Waals surface area contributed by atoms with Crippen molar-refractivity contribution in [1.29, 1.82) is 0 Å². The van der Waals surface area contributed by atoms with Crippen LogP contribution in [0.1, 0.15) is 174 Å². The number of phosphoric ester groups is 1. The van der Waals surface area contributed by atoms with E-state index in [9.17, 15) is 14.2 Å². The number of hydrogen-bond donors (Lipinski definition) is 2. The molecule has 8 nitrogen and oxygen atoms in total. The minimum absolute atomic E-state index is 0.194. The molecule has 0 fully saturated rings. The summed E-state index contributed by atoms with van der Waals surface area (Å²) in [6, 6.07) is 0. The first-order valence-corrected chi connectivity index (χ1v) is 20.3. The van der Waals surface area contributed by atoms with Gasteiger partial charge in [-0.25, -0.2) is 4.57 Å². The van der Waals surface area contributed by atoms with Gasteiger partial charge in [-0.15, -0.1) is 0 Å². The zero-order chi connectivity index (χ0) is 34.7. The first-order chi connectivity index (χ1) is 22.8. The molecule has 9 heteroatoms. The van der Waals surface area contributed by atoms with Crippen LogP contribution < -0.4 is 0 Å². The van der Waals surface area contributed by atoms with Crippen LogP contribution in [-0.4, -0.2) is 41.0 Å². The maximum absolute atomic E-state index is 12.3. The van der Waals surface area contributed by atoms with Crippen LogP contribution in [0.3, 0.4) is 0 Å². The third-order valence-corrected chi connectivity index (χ3v) is 8.41. The second-order valence-corrected chi connectivity index (χ2v) is 13.8. The summed E-state index contributed by atoms with van der Waals surface area (Å²) in [5, 5.41) is 0. The van der Waals surface area contributed by atoms with Crippen molar-refractivity contribution >= 4 is 19.8 Å². The summed E-state index contributed by atoms with van der Waals surface area (Å²) < 4.78 is 26.3. The van der Waals surface area contributed by atoms with Crippen LogP contribution in [0, 0.1) is 0 Å². The van der Waals surface area contributed by atoms with Crippen LogP contribution in [0.2, 0.25) is 0 Å². The monoisotopic (exact) mass is 684 g/mol. The average molecular weight is 685 g/mol. The third kappa shape index (κ3) is 36.9. The topological polar surface area (TPSA) is 119 Å². The van der Waals surface area contributed by atoms with Gasteiger partial charge < -0.3 is 19.3 Å². The summed E-state index contributed by atoms with van der Waals surface area (Å²) in [6.45, 7) is 3.55. The molecule has 0 amide bonds. The lowest BCUT2D eigenvalue weighted by Gasteiger charge is -2.18. The second kappa shape index (κ2) is 34.1. The fourth-order valence-corrected chi connectivity index (χ4v) is 5.51. The van der Waals surface area contributed by atoms with Crippen molar-refractivity contribution in [2.24, 2.45) is 0 Å². The lowest BCUT2D eigenvalue weighted by atomic mass is 10.0. The normalized spacial score (nSPS) is 12.9. The maximum atomic E-state index is 12.3. The lowest BCUT2D eigenvalue weighted by Crippen LogP contribution is -2.29. The number of esters is 2. The Morgan fingerprint density at radius 3 is 1.53 bits per heavy atom. The van der Waals surface area contributed by atoms with Gasteiger partial charge in [0.25, 0.3) is 0 Å². The fourth-order valence-electron chi connectivity index (χ4n) is 5.15. The van der Waals surface area contributed by atoms with Gasteiger partial charge in [0.15, 0.2) is 6.10 Å². The quantitative estimate of drug-likeness (QED) is 0.0297. The Hall–Kier alpha value is -1.73. The van der Waals surface area contributed by atoms with Crippen molar-refractivity contribution in [1.82, 2.24) is 0 Å². The molecule has 0 saturated carbocycles. The third-order valence-electron chi connectivity index (χ3n) is 7.92. The Bertz CT molecular complexity index is 864. The molecule has 2 N–H and O–H groups in total. The molecule has 0 bridgehead atoms. The number of hydrogen-bond acceptors (Lipinski definition) is 6. The van der Waals surface area contributed by atoms with E-state index in [2.05, 4.69) is 54.8 Å². The van der Waals surface area contributed by atoms with Crippen molar-refractivity contribution in [3.05, 3.63) is 36.5 Å². The van der Waals surface area contributed by atoms with Crippen LogP contribution in [0.5, 0.6) is 0 Å². The zero-order valence-corrected chi connectivity index (χ0v) is 30.8. The van der Waals surface area contributed by atoms with E-state index in [0.29, 0.717) is 6.42 Å². The number of rotatable bonds is 34. The second-order valence-electron chi connectivity index (χ2n) is 12.5. The largest absolute Gasteiger partial charge is 0.469 e. The van der Waals surface area contributed by atoms with E-state index in [0.717, 1.165) is 70.6 Å². The highest BCUT2D eigenvalue weighted by atomic mass is 31.2. The molecule has 0 unspecified atom stereocenters. The SMILES string of the molecule is CC/C=C\C/C=C\C/C=C\CCCCCCCC(=O)O[C@H](COC(=O)CCCCCCCCCCCCCCCC)COP(=O)(O)O. The van der Waals surface area contributed by atoms with Gasteiger partial charge >= 0.3 is 19.8 Å². The molecule has 1 atom stereocenters. The zero-order valence-electron chi connectivity index (χ0n) is 29.9. The van der Waals surface area contributed by atoms with Gasteiger partial charge in [-0.3, -0.25) is 14.1 Å². The first kappa shape index (κ1) is 45.3. The predicted octanol–water partition coefficient (Wildman–Crippen LogP) is 11.0. The molecule has 0 spiro atoms. The molecule has 0 radical (unpaired) electrons. The number of carbonyl (C=O) groups excluding carboxylic acids is 2. The minimum Gasteiger partial charge on any atom is -0.462 e. The fraction of sp³-hybridized carbons (Fsp3) is 0.789. The van der Waals surface area contributed by atoms with Gasteiger partial charge in [-0.1, -0.05) is 153 Å². The van der Waals surface area contributed by atoms with Gasteiger partial charge in [0.05, 0.1) is 6.61 Å². The van der Waals surface area contributed by atoms with Crippen LogP contribution in [0.25, 0.3) is 0 Å². The highest BCUT2D eigenvalue weighted by molar-refractivity contribution is 7.46. The molecule has 0 aliphatic heterocycles. The molecule has 0 aliphatic carbocycles. The van der Waals surface area contributed by atoms with Crippen LogP contribution in [0.4, 0.5) is 0 Å². The van der Waals surface area contributed by atoms with Crippen molar-refractivity contribution in [3.63, 3.8) is 0 Å². The van der Waals surface area contributed by atoms with E-state index >= 15 is 0 Å². The van der Waals surface area contributed by atoms with Gasteiger partial charge in [0.1, 0.15) is 6.61 Å². The first-order valence-electron chi connectivity index (χ1n) is 18.8. The van der Waals surface area contributed by atoms with E-state index in [1.54, 1.807) is 0 Å². The molecule has 0 aromatic heterocycles. The Balaban J connectivity index is 3.99. The molecule has 274 valence electrons. The summed E-state index contributed by atoms with van der Waals surface area (Å²) in [5.74, 6) is -0.902. The summed E-state index contributed by atoms with van der Waals surface area (Å²) in [6.07, 6.45) is 38.6. The summed E-state index contributed by atoms with van der Waals surface area (Å²) in [5.41, 5.74) is 0. The molecule has 0 aliphatic rings. The number of allylic oxidation sites excluding steroid dienone is 6. The summed E-state index contributed by atoms with van der Waals surface area (Å²) in [7, 11) is -4.75. The number of carbonyl (C=O) groups is 2. The van der Waals surface area contributed by atoms with Crippen molar-refractivity contribution in [2.45, 2.75) is 180 Å². The van der Waals surface area contributed by atoms with Crippen molar-refractivity contribution in [2.75, 3.05) is 13.2 Å². The number of ether oxygens (including phenoxy) is 2. The van der Waals surface area contributed by atoms with E-state index in [4.69, 9.17) is 19.3 Å². The van der Waals surface area contributed by atoms with Gasteiger partial charge in [0, 0.05) is 12.8 Å². The molecular weight excluding hydrogens is 615 g/mol. The predicted molar refractivity (Wildman–Crippen MR) is 193 cm³/mol. The highest BCUT2D eigenvalue weighted by Gasteiger charge is 2.22. The Morgan fingerprint density at radius 1 is 0.574 bits per heavy atom. The van der Waals surface area contributed by atoms with Crippen LogP contribution in [0.15, 0.2) is 36.5 Å². The highest BCUT2D eigenvalue weighted by Crippen LogP contribution is 2.36. The maximum Gasteiger partial charge on any atom is 0.469 e. The standard InChI is InChI=1S/C38H69O8P/c1-3-5-7-9-11-13-15-17-19-21-23-25-27-29-31-33-38(40)46-36(35-45-47(41,42)43)34-44-37(39)32-30-28-26-24-22-20-18-16-14-12-10-8-6-4-2/h5,7,11,13,17,19,36H,3-4,6,8-10,12,14-16,18,20-35H2,1-2H3,(H2,41,42,43)/b7-5-,13-11-,19-17-/t36-/m1/s1. The molecule has 0 heterocycles. The molecule has 0 saturated heterocycles. The van der Waals surface area contributed by atoms with Gasteiger partial charge in [0.2, 0.25) is 0 Å². The average Bonchev–Trinajstić information content (AvgIpc) is 3.03. The summed E-state index contributed by atoms with van der Waals surface area (Å²) in [4.78, 5) is 42.7. The Labute approximate surface area is 287 Å². The van der Waals surface area contributed by atoms with E-state index in [-0.39, 0.29) is 19.4 Å².